The quantitative estimate of drug-likeness (QED) is 0.706. The molecule has 1 rings (SSSR count). The highest BCUT2D eigenvalue weighted by Crippen LogP contribution is 2.18. The fraction of sp³-hybridized carbons (Fsp3) is 0.857. The Balaban J connectivity index is 2.55. The molecule has 1 aliphatic heterocycles. The Morgan fingerprint density at radius 1 is 1.22 bits per heavy atom. The number of carbonyl (C=O) groups excluding carboxylic acids is 2. The van der Waals surface area contributed by atoms with E-state index in [4.69, 9.17) is 0 Å². The third-order valence-electron chi connectivity index (χ3n) is 4.02. The highest BCUT2D eigenvalue weighted by Gasteiger charge is 2.40. The van der Waals surface area contributed by atoms with Crippen LogP contribution in [-0.2, 0) is 9.59 Å². The van der Waals surface area contributed by atoms with E-state index in [2.05, 4.69) is 19.2 Å². The van der Waals surface area contributed by atoms with Crippen LogP contribution in [0.15, 0.2) is 0 Å². The van der Waals surface area contributed by atoms with Crippen molar-refractivity contribution < 1.29 is 9.59 Å². The Kier molecular flexibility index (Phi) is 5.79. The lowest BCUT2D eigenvalue weighted by molar-refractivity contribution is -0.141. The number of hydrogen-bond acceptors (Lipinski definition) is 3. The van der Waals surface area contributed by atoms with Crippen LogP contribution in [0.5, 0.6) is 0 Å². The maximum absolute atomic E-state index is 12.1. The average Bonchev–Trinajstić information content (AvgIpc) is 2.65. The number of likely N-dealkylation sites (tertiary alicyclic amines) is 1. The topological polar surface area (TPSA) is 49.4 Å². The molecule has 0 aromatic rings. The molecule has 0 bridgehead atoms. The third-order valence-corrected chi connectivity index (χ3v) is 4.02. The molecule has 2 unspecified atom stereocenters. The van der Waals surface area contributed by atoms with Crippen molar-refractivity contribution in [3.05, 3.63) is 0 Å². The lowest BCUT2D eigenvalue weighted by atomic mass is 10.0. The van der Waals surface area contributed by atoms with Gasteiger partial charge in [0.2, 0.25) is 11.8 Å². The predicted octanol–water partition coefficient (Wildman–Crippen LogP) is 1.94. The summed E-state index contributed by atoms with van der Waals surface area (Å²) < 4.78 is 0. The van der Waals surface area contributed by atoms with Gasteiger partial charge in [-0.1, -0.05) is 33.6 Å². The molecule has 18 heavy (non-hydrogen) atoms. The molecular weight excluding hydrogens is 228 g/mol. The van der Waals surface area contributed by atoms with Gasteiger partial charge in [0.25, 0.3) is 0 Å². The zero-order chi connectivity index (χ0) is 13.7. The van der Waals surface area contributed by atoms with Crippen molar-refractivity contribution in [1.29, 1.82) is 0 Å². The van der Waals surface area contributed by atoms with E-state index >= 15 is 0 Å². The number of carbonyl (C=O) groups is 2. The van der Waals surface area contributed by atoms with Gasteiger partial charge in [-0.2, -0.15) is 0 Å². The van der Waals surface area contributed by atoms with E-state index in [-0.39, 0.29) is 23.9 Å². The van der Waals surface area contributed by atoms with Crippen LogP contribution in [0.3, 0.4) is 0 Å². The molecule has 0 spiro atoms. The minimum atomic E-state index is -0.299. The molecule has 1 fully saturated rings. The van der Waals surface area contributed by atoms with Crippen molar-refractivity contribution in [2.24, 2.45) is 5.92 Å². The molecule has 1 heterocycles. The number of rotatable bonds is 7. The standard InChI is InChI=1S/C14H26N2O2/c1-5-10(4)16-13(17)8-12(14(16)18)15-9-11(6-2)7-3/h10-12,15H,5-9H2,1-4H3. The number of nitrogens with one attached hydrogen (secondary N) is 1. The summed E-state index contributed by atoms with van der Waals surface area (Å²) in [6.45, 7) is 9.06. The van der Waals surface area contributed by atoms with Crippen LogP contribution in [0.2, 0.25) is 0 Å². The summed E-state index contributed by atoms with van der Waals surface area (Å²) in [7, 11) is 0. The number of hydrogen-bond donors (Lipinski definition) is 1. The van der Waals surface area contributed by atoms with Gasteiger partial charge in [-0.3, -0.25) is 14.5 Å². The lowest BCUT2D eigenvalue weighted by Crippen LogP contribution is -2.43. The molecule has 1 aliphatic rings. The van der Waals surface area contributed by atoms with Crippen LogP contribution in [0, 0.1) is 5.92 Å². The summed E-state index contributed by atoms with van der Waals surface area (Å²) in [6, 6.07) is -0.281. The molecule has 0 aliphatic carbocycles. The third kappa shape index (κ3) is 3.31. The van der Waals surface area contributed by atoms with Gasteiger partial charge >= 0.3 is 0 Å². The second-order valence-electron chi connectivity index (χ2n) is 5.21. The Morgan fingerprint density at radius 2 is 1.83 bits per heavy atom. The van der Waals surface area contributed by atoms with Crippen LogP contribution in [0.4, 0.5) is 0 Å². The molecule has 0 saturated carbocycles. The second-order valence-corrected chi connectivity index (χ2v) is 5.21. The van der Waals surface area contributed by atoms with Crippen LogP contribution < -0.4 is 5.32 Å². The van der Waals surface area contributed by atoms with Crippen LogP contribution in [-0.4, -0.2) is 35.3 Å². The Hall–Kier alpha value is -0.900. The SMILES string of the molecule is CCC(CC)CNC1CC(=O)N(C(C)CC)C1=O. The van der Waals surface area contributed by atoms with Crippen molar-refractivity contribution in [2.45, 2.75) is 65.5 Å². The smallest absolute Gasteiger partial charge is 0.247 e. The predicted molar refractivity (Wildman–Crippen MR) is 72.1 cm³/mol. The Morgan fingerprint density at radius 3 is 2.33 bits per heavy atom. The monoisotopic (exact) mass is 254 g/mol. The molecule has 2 atom stereocenters. The second kappa shape index (κ2) is 6.88. The van der Waals surface area contributed by atoms with Gasteiger partial charge in [0.1, 0.15) is 0 Å². The van der Waals surface area contributed by atoms with E-state index in [0.717, 1.165) is 25.8 Å². The lowest BCUT2D eigenvalue weighted by Gasteiger charge is -2.22. The van der Waals surface area contributed by atoms with E-state index in [0.29, 0.717) is 12.3 Å². The minimum Gasteiger partial charge on any atom is -0.305 e. The highest BCUT2D eigenvalue weighted by molar-refractivity contribution is 6.05. The number of amides is 2. The van der Waals surface area contributed by atoms with Crippen LogP contribution in [0.1, 0.15) is 53.4 Å². The minimum absolute atomic E-state index is 0.0185. The summed E-state index contributed by atoms with van der Waals surface area (Å²) in [6.07, 6.45) is 3.35. The first-order valence-corrected chi connectivity index (χ1v) is 7.14. The van der Waals surface area contributed by atoms with Crippen molar-refractivity contribution in [3.8, 4) is 0 Å². The van der Waals surface area contributed by atoms with Crippen LogP contribution in [0.25, 0.3) is 0 Å². The molecular formula is C14H26N2O2. The first-order valence-electron chi connectivity index (χ1n) is 7.14. The van der Waals surface area contributed by atoms with Crippen molar-refractivity contribution in [1.82, 2.24) is 10.2 Å². The van der Waals surface area contributed by atoms with E-state index in [1.807, 2.05) is 13.8 Å². The van der Waals surface area contributed by atoms with Gasteiger partial charge < -0.3 is 5.32 Å². The highest BCUT2D eigenvalue weighted by atomic mass is 16.2. The van der Waals surface area contributed by atoms with Gasteiger partial charge in [0.05, 0.1) is 12.5 Å². The van der Waals surface area contributed by atoms with Gasteiger partial charge in [0.15, 0.2) is 0 Å². The summed E-state index contributed by atoms with van der Waals surface area (Å²) in [5.41, 5.74) is 0. The van der Waals surface area contributed by atoms with Gasteiger partial charge in [-0.25, -0.2) is 0 Å². The summed E-state index contributed by atoms with van der Waals surface area (Å²) in [5, 5.41) is 3.26. The maximum Gasteiger partial charge on any atom is 0.247 e. The zero-order valence-corrected chi connectivity index (χ0v) is 12.0. The first kappa shape index (κ1) is 15.2. The molecule has 0 aromatic heterocycles. The molecule has 1 N–H and O–H groups in total. The van der Waals surface area contributed by atoms with Crippen molar-refractivity contribution in [3.63, 3.8) is 0 Å². The van der Waals surface area contributed by atoms with Crippen molar-refractivity contribution >= 4 is 11.8 Å². The number of nitrogens with zero attached hydrogens (tertiary/aromatic N) is 1. The number of imide groups is 1. The maximum atomic E-state index is 12.1. The molecule has 2 amide bonds. The zero-order valence-electron chi connectivity index (χ0n) is 12.0. The molecule has 0 aromatic carbocycles. The molecule has 1 saturated heterocycles. The first-order chi connectivity index (χ1) is 8.54. The van der Waals surface area contributed by atoms with E-state index in [1.165, 1.54) is 4.90 Å². The Bertz CT molecular complexity index is 300. The molecule has 104 valence electrons. The van der Waals surface area contributed by atoms with E-state index in [9.17, 15) is 9.59 Å². The Labute approximate surface area is 110 Å². The van der Waals surface area contributed by atoms with Crippen LogP contribution >= 0.6 is 0 Å². The van der Waals surface area contributed by atoms with Gasteiger partial charge in [-0.05, 0) is 25.8 Å². The largest absolute Gasteiger partial charge is 0.305 e. The summed E-state index contributed by atoms with van der Waals surface area (Å²) in [4.78, 5) is 25.4. The molecule has 4 heteroatoms. The molecule has 0 radical (unpaired) electrons. The van der Waals surface area contributed by atoms with E-state index in [1.54, 1.807) is 0 Å². The normalized spacial score (nSPS) is 22.1. The fourth-order valence-corrected chi connectivity index (χ4v) is 2.34. The molecule has 4 nitrogen and oxygen atoms in total. The average molecular weight is 254 g/mol. The van der Waals surface area contributed by atoms with Crippen molar-refractivity contribution in [2.75, 3.05) is 6.54 Å². The van der Waals surface area contributed by atoms with E-state index < -0.39 is 0 Å². The van der Waals surface area contributed by atoms with Gasteiger partial charge in [-0.15, -0.1) is 0 Å². The summed E-state index contributed by atoms with van der Waals surface area (Å²) in [5.74, 6) is 0.516. The summed E-state index contributed by atoms with van der Waals surface area (Å²) >= 11 is 0. The fourth-order valence-electron chi connectivity index (χ4n) is 2.34. The van der Waals surface area contributed by atoms with Gasteiger partial charge in [0, 0.05) is 6.04 Å².